The molecule has 0 atom stereocenters. The molecule has 0 spiro atoms. The van der Waals surface area contributed by atoms with Crippen molar-refractivity contribution in [2.24, 2.45) is 5.10 Å². The molecule has 2 N–H and O–H groups in total. The fourth-order valence-corrected chi connectivity index (χ4v) is 4.86. The van der Waals surface area contributed by atoms with Crippen molar-refractivity contribution in [3.8, 4) is 11.5 Å². The summed E-state index contributed by atoms with van der Waals surface area (Å²) in [5.74, 6) is -0.503. The fourth-order valence-electron chi connectivity index (χ4n) is 3.37. The van der Waals surface area contributed by atoms with E-state index in [0.717, 1.165) is 15.4 Å². The van der Waals surface area contributed by atoms with Crippen molar-refractivity contribution in [3.05, 3.63) is 82.9 Å². The zero-order valence-corrected chi connectivity index (χ0v) is 20.3. The SMILES string of the molecule is COc1cccc(/C=N\NC(=O)CN(c2ccc(C)cc2C)S(=O)(=O)c2ccc(C)cc2)c1O. The lowest BCUT2D eigenvalue weighted by molar-refractivity contribution is -0.119. The minimum absolute atomic E-state index is 0.0793. The van der Waals surface area contributed by atoms with E-state index in [2.05, 4.69) is 10.5 Å². The number of phenols is 1. The molecule has 9 heteroatoms. The van der Waals surface area contributed by atoms with E-state index in [-0.39, 0.29) is 16.4 Å². The van der Waals surface area contributed by atoms with Gasteiger partial charge in [0.2, 0.25) is 0 Å². The number of methoxy groups -OCH3 is 1. The number of ether oxygens (including phenoxy) is 1. The number of hydrazone groups is 1. The van der Waals surface area contributed by atoms with E-state index in [1.165, 1.54) is 25.5 Å². The quantitative estimate of drug-likeness (QED) is 0.377. The maximum Gasteiger partial charge on any atom is 0.264 e. The summed E-state index contributed by atoms with van der Waals surface area (Å²) in [6, 6.07) is 16.6. The highest BCUT2D eigenvalue weighted by Crippen LogP contribution is 2.29. The van der Waals surface area contributed by atoms with Crippen molar-refractivity contribution in [1.29, 1.82) is 0 Å². The van der Waals surface area contributed by atoms with Crippen LogP contribution in [-0.4, -0.2) is 39.3 Å². The maximum absolute atomic E-state index is 13.5. The van der Waals surface area contributed by atoms with Crippen LogP contribution < -0.4 is 14.5 Å². The zero-order chi connectivity index (χ0) is 24.9. The number of carbonyl (C=O) groups excluding carboxylic acids is 1. The van der Waals surface area contributed by atoms with Gasteiger partial charge >= 0.3 is 0 Å². The Labute approximate surface area is 199 Å². The number of hydrogen-bond donors (Lipinski definition) is 2. The summed E-state index contributed by atoms with van der Waals surface area (Å²) in [6.45, 7) is 5.08. The molecule has 3 aromatic rings. The molecule has 0 saturated carbocycles. The number of anilines is 1. The molecule has 3 aromatic carbocycles. The van der Waals surface area contributed by atoms with Gasteiger partial charge in [0.25, 0.3) is 15.9 Å². The normalized spacial score (nSPS) is 11.4. The minimum Gasteiger partial charge on any atom is -0.504 e. The van der Waals surface area contributed by atoms with Crippen LogP contribution in [0.15, 0.2) is 70.7 Å². The molecule has 0 aromatic heterocycles. The van der Waals surface area contributed by atoms with E-state index in [9.17, 15) is 18.3 Å². The first-order valence-corrected chi connectivity index (χ1v) is 11.9. The summed E-state index contributed by atoms with van der Waals surface area (Å²) in [6.07, 6.45) is 1.26. The monoisotopic (exact) mass is 481 g/mol. The molecular formula is C25H27N3O5S. The highest BCUT2D eigenvalue weighted by molar-refractivity contribution is 7.92. The largest absolute Gasteiger partial charge is 0.504 e. The summed E-state index contributed by atoms with van der Waals surface area (Å²) in [5.41, 5.74) is 5.67. The van der Waals surface area contributed by atoms with Gasteiger partial charge in [0.15, 0.2) is 11.5 Å². The molecule has 8 nitrogen and oxygen atoms in total. The molecule has 0 heterocycles. The van der Waals surface area contributed by atoms with E-state index < -0.39 is 22.5 Å². The Bertz CT molecular complexity index is 1320. The molecule has 0 unspecified atom stereocenters. The van der Waals surface area contributed by atoms with Crippen LogP contribution in [0.1, 0.15) is 22.3 Å². The Balaban J connectivity index is 1.88. The molecule has 0 aliphatic heterocycles. The van der Waals surface area contributed by atoms with Crippen LogP contribution in [0.2, 0.25) is 0 Å². The maximum atomic E-state index is 13.5. The number of benzene rings is 3. The summed E-state index contributed by atoms with van der Waals surface area (Å²) in [7, 11) is -2.61. The second-order valence-corrected chi connectivity index (χ2v) is 9.67. The van der Waals surface area contributed by atoms with Gasteiger partial charge in [0.05, 0.1) is 23.9 Å². The highest BCUT2D eigenvalue weighted by Gasteiger charge is 2.28. The van der Waals surface area contributed by atoms with Crippen molar-refractivity contribution in [2.75, 3.05) is 18.0 Å². The van der Waals surface area contributed by atoms with E-state index >= 15 is 0 Å². The van der Waals surface area contributed by atoms with Crippen molar-refractivity contribution in [2.45, 2.75) is 25.7 Å². The standard InChI is InChI=1S/C25H27N3O5S/c1-17-8-11-21(12-9-17)34(31,32)28(22-13-10-18(2)14-19(22)3)16-24(29)27-26-15-20-6-5-7-23(33-4)25(20)30/h5-15,30H,16H2,1-4H3,(H,27,29)/b26-15-. The van der Waals surface area contributed by atoms with Gasteiger partial charge in [0, 0.05) is 5.56 Å². The van der Waals surface area contributed by atoms with Crippen LogP contribution in [0.4, 0.5) is 5.69 Å². The van der Waals surface area contributed by atoms with E-state index in [0.29, 0.717) is 16.8 Å². The average Bonchev–Trinajstić information content (AvgIpc) is 2.79. The predicted molar refractivity (Wildman–Crippen MR) is 132 cm³/mol. The number of sulfonamides is 1. The number of para-hydroxylation sites is 1. The summed E-state index contributed by atoms with van der Waals surface area (Å²) < 4.78 is 33.1. The molecule has 0 fully saturated rings. The van der Waals surface area contributed by atoms with Crippen LogP contribution in [0.5, 0.6) is 11.5 Å². The van der Waals surface area contributed by atoms with Gasteiger partial charge in [-0.3, -0.25) is 9.10 Å². The number of phenolic OH excluding ortho intramolecular Hbond substituents is 1. The van der Waals surface area contributed by atoms with Crippen molar-refractivity contribution in [1.82, 2.24) is 5.43 Å². The zero-order valence-electron chi connectivity index (χ0n) is 19.4. The second kappa shape index (κ2) is 10.4. The lowest BCUT2D eigenvalue weighted by atomic mass is 10.1. The topological polar surface area (TPSA) is 108 Å². The molecule has 3 rings (SSSR count). The Morgan fingerprint density at radius 1 is 1.06 bits per heavy atom. The molecule has 178 valence electrons. The number of nitrogens with zero attached hydrogens (tertiary/aromatic N) is 2. The third-order valence-electron chi connectivity index (χ3n) is 5.16. The molecule has 0 aliphatic carbocycles. The van der Waals surface area contributed by atoms with E-state index in [1.807, 2.05) is 19.9 Å². The van der Waals surface area contributed by atoms with E-state index in [4.69, 9.17) is 4.74 Å². The highest BCUT2D eigenvalue weighted by atomic mass is 32.2. The molecule has 1 amide bonds. The van der Waals surface area contributed by atoms with Gasteiger partial charge in [0.1, 0.15) is 6.54 Å². The van der Waals surface area contributed by atoms with Crippen LogP contribution in [0.3, 0.4) is 0 Å². The third-order valence-corrected chi connectivity index (χ3v) is 6.93. The first-order chi connectivity index (χ1) is 16.1. The van der Waals surface area contributed by atoms with Gasteiger partial charge in [-0.15, -0.1) is 0 Å². The van der Waals surface area contributed by atoms with Gasteiger partial charge in [-0.2, -0.15) is 5.10 Å². The molecule has 34 heavy (non-hydrogen) atoms. The molecule has 0 bridgehead atoms. The Hall–Kier alpha value is -3.85. The third kappa shape index (κ3) is 5.55. The van der Waals surface area contributed by atoms with Crippen molar-refractivity contribution in [3.63, 3.8) is 0 Å². The molecular weight excluding hydrogens is 454 g/mol. The van der Waals surface area contributed by atoms with Gasteiger partial charge in [-0.05, 0) is 56.7 Å². The van der Waals surface area contributed by atoms with Gasteiger partial charge < -0.3 is 9.84 Å². The van der Waals surface area contributed by atoms with Crippen LogP contribution in [0, 0.1) is 20.8 Å². The van der Waals surface area contributed by atoms with Gasteiger partial charge in [-0.25, -0.2) is 13.8 Å². The fraction of sp³-hybridized carbons (Fsp3) is 0.200. The lowest BCUT2D eigenvalue weighted by Crippen LogP contribution is -2.40. The summed E-state index contributed by atoms with van der Waals surface area (Å²) >= 11 is 0. The molecule has 0 aliphatic rings. The number of rotatable bonds is 8. The number of aryl methyl sites for hydroxylation is 3. The molecule has 0 radical (unpaired) electrons. The predicted octanol–water partition coefficient (Wildman–Crippen LogP) is 3.67. The van der Waals surface area contributed by atoms with E-state index in [1.54, 1.807) is 49.4 Å². The Kier molecular flexibility index (Phi) is 7.57. The Morgan fingerprint density at radius 3 is 2.38 bits per heavy atom. The Morgan fingerprint density at radius 2 is 1.74 bits per heavy atom. The van der Waals surface area contributed by atoms with Crippen LogP contribution in [0.25, 0.3) is 0 Å². The lowest BCUT2D eigenvalue weighted by Gasteiger charge is -2.25. The smallest absolute Gasteiger partial charge is 0.264 e. The van der Waals surface area contributed by atoms with Crippen LogP contribution >= 0.6 is 0 Å². The summed E-state index contributed by atoms with van der Waals surface area (Å²) in [4.78, 5) is 12.8. The first kappa shape index (κ1) is 24.8. The number of hydrogen-bond acceptors (Lipinski definition) is 6. The average molecular weight is 482 g/mol. The van der Waals surface area contributed by atoms with Crippen molar-refractivity contribution >= 4 is 27.8 Å². The summed E-state index contributed by atoms with van der Waals surface area (Å²) in [5, 5.41) is 14.0. The number of amides is 1. The number of carbonyl (C=O) groups is 1. The number of aromatic hydroxyl groups is 1. The first-order valence-electron chi connectivity index (χ1n) is 10.5. The second-order valence-electron chi connectivity index (χ2n) is 7.81. The minimum atomic E-state index is -4.03. The number of nitrogens with one attached hydrogen (secondary N) is 1. The van der Waals surface area contributed by atoms with Crippen molar-refractivity contribution < 1.29 is 23.1 Å². The van der Waals surface area contributed by atoms with Gasteiger partial charge in [-0.1, -0.05) is 41.5 Å². The van der Waals surface area contributed by atoms with Crippen LogP contribution in [-0.2, 0) is 14.8 Å². The molecule has 0 saturated heterocycles.